The second-order valence-electron chi connectivity index (χ2n) is 6.51. The molecular weight excluding hydrogens is 449 g/mol. The van der Waals surface area contributed by atoms with Crippen LogP contribution < -0.4 is 10.6 Å². The minimum absolute atomic E-state index is 0. The third-order valence-electron chi connectivity index (χ3n) is 4.40. The molecule has 144 valence electrons. The number of halogens is 1. The molecule has 0 spiro atoms. The van der Waals surface area contributed by atoms with Crippen LogP contribution in [-0.4, -0.2) is 61.8 Å². The lowest BCUT2D eigenvalue weighted by molar-refractivity contribution is 0.00752. The maximum atomic E-state index is 5.47. The summed E-state index contributed by atoms with van der Waals surface area (Å²) in [4.78, 5) is 12.6. The summed E-state index contributed by atoms with van der Waals surface area (Å²) < 4.78 is 5.47. The fourth-order valence-electron chi connectivity index (χ4n) is 3.02. The first-order valence-electron chi connectivity index (χ1n) is 8.70. The third-order valence-corrected chi connectivity index (χ3v) is 5.48. The van der Waals surface area contributed by atoms with E-state index in [4.69, 9.17) is 4.74 Å². The predicted molar refractivity (Wildman–Crippen MR) is 116 cm³/mol. The number of aryl methyl sites for hydroxylation is 2. The lowest BCUT2D eigenvalue weighted by atomic mass is 10.0. The molecule has 1 aromatic heterocycles. The largest absolute Gasteiger partial charge is 0.379 e. The maximum Gasteiger partial charge on any atom is 0.191 e. The van der Waals surface area contributed by atoms with E-state index in [0.717, 1.165) is 56.1 Å². The van der Waals surface area contributed by atoms with Crippen LogP contribution >= 0.6 is 35.3 Å². The van der Waals surface area contributed by atoms with E-state index in [0.29, 0.717) is 12.0 Å². The topological polar surface area (TPSA) is 61.8 Å². The van der Waals surface area contributed by atoms with Crippen LogP contribution in [0.4, 0.5) is 0 Å². The molecule has 1 unspecified atom stereocenters. The van der Waals surface area contributed by atoms with E-state index in [1.165, 1.54) is 4.88 Å². The van der Waals surface area contributed by atoms with Crippen LogP contribution in [-0.2, 0) is 11.3 Å². The average molecular weight is 481 g/mol. The molecule has 8 heteroatoms. The van der Waals surface area contributed by atoms with Gasteiger partial charge in [0.25, 0.3) is 0 Å². The van der Waals surface area contributed by atoms with Crippen LogP contribution in [0.25, 0.3) is 0 Å². The first kappa shape index (κ1) is 22.6. The maximum absolute atomic E-state index is 5.47. The van der Waals surface area contributed by atoms with E-state index >= 15 is 0 Å². The summed E-state index contributed by atoms with van der Waals surface area (Å²) in [6.45, 7) is 14.0. The molecule has 1 aromatic rings. The van der Waals surface area contributed by atoms with Gasteiger partial charge in [-0.05, 0) is 19.8 Å². The molecule has 0 bridgehead atoms. The average Bonchev–Trinajstić information content (AvgIpc) is 2.89. The molecule has 0 saturated carbocycles. The van der Waals surface area contributed by atoms with E-state index in [-0.39, 0.29) is 24.0 Å². The molecule has 1 aliphatic rings. The SMILES string of the molecule is CN=C(NCc1sc(C)nc1C)NCC(C(C)C)N1CCOCC1.I. The zero-order valence-electron chi connectivity index (χ0n) is 16.0. The molecule has 0 aromatic carbocycles. The molecular formula is C17H32IN5OS. The van der Waals surface area contributed by atoms with E-state index in [9.17, 15) is 0 Å². The summed E-state index contributed by atoms with van der Waals surface area (Å²) in [7, 11) is 1.82. The molecule has 1 atom stereocenters. The fraction of sp³-hybridized carbons (Fsp3) is 0.765. The van der Waals surface area contributed by atoms with E-state index in [1.807, 2.05) is 14.0 Å². The van der Waals surface area contributed by atoms with Gasteiger partial charge in [-0.1, -0.05) is 13.8 Å². The van der Waals surface area contributed by atoms with Crippen LogP contribution in [0, 0.1) is 19.8 Å². The Labute approximate surface area is 172 Å². The van der Waals surface area contributed by atoms with Crippen molar-refractivity contribution in [1.82, 2.24) is 20.5 Å². The van der Waals surface area contributed by atoms with Gasteiger partial charge >= 0.3 is 0 Å². The third kappa shape index (κ3) is 6.99. The predicted octanol–water partition coefficient (Wildman–Crippen LogP) is 2.40. The summed E-state index contributed by atoms with van der Waals surface area (Å²) in [6, 6.07) is 0.486. The van der Waals surface area contributed by atoms with Crippen molar-refractivity contribution in [2.24, 2.45) is 10.9 Å². The van der Waals surface area contributed by atoms with Crippen LogP contribution in [0.2, 0.25) is 0 Å². The van der Waals surface area contributed by atoms with Gasteiger partial charge in [0.2, 0.25) is 0 Å². The van der Waals surface area contributed by atoms with Crippen molar-refractivity contribution in [3.63, 3.8) is 0 Å². The Morgan fingerprint density at radius 1 is 1.28 bits per heavy atom. The van der Waals surface area contributed by atoms with Gasteiger partial charge in [0.05, 0.1) is 30.5 Å². The van der Waals surface area contributed by atoms with Crippen LogP contribution in [0.1, 0.15) is 29.4 Å². The number of nitrogens with zero attached hydrogens (tertiary/aromatic N) is 3. The highest BCUT2D eigenvalue weighted by molar-refractivity contribution is 14.0. The Morgan fingerprint density at radius 3 is 2.48 bits per heavy atom. The number of hydrogen-bond donors (Lipinski definition) is 2. The van der Waals surface area contributed by atoms with Gasteiger partial charge in [-0.3, -0.25) is 9.89 Å². The minimum Gasteiger partial charge on any atom is -0.379 e. The van der Waals surface area contributed by atoms with Gasteiger partial charge in [-0.15, -0.1) is 35.3 Å². The van der Waals surface area contributed by atoms with Gasteiger partial charge < -0.3 is 15.4 Å². The molecule has 0 amide bonds. The van der Waals surface area contributed by atoms with Gasteiger partial charge in [0.15, 0.2) is 5.96 Å². The van der Waals surface area contributed by atoms with Crippen molar-refractivity contribution >= 4 is 41.3 Å². The number of morpholine rings is 1. The molecule has 2 heterocycles. The number of rotatable bonds is 6. The summed E-state index contributed by atoms with van der Waals surface area (Å²) in [5.74, 6) is 1.43. The number of thiazole rings is 1. The van der Waals surface area contributed by atoms with Crippen molar-refractivity contribution in [2.75, 3.05) is 39.9 Å². The fourth-order valence-corrected chi connectivity index (χ4v) is 3.90. The Balaban J connectivity index is 0.00000312. The Bertz CT molecular complexity index is 543. The number of aromatic nitrogens is 1. The highest BCUT2D eigenvalue weighted by Gasteiger charge is 2.23. The van der Waals surface area contributed by atoms with Gasteiger partial charge in [0.1, 0.15) is 0 Å². The van der Waals surface area contributed by atoms with Crippen molar-refractivity contribution in [2.45, 2.75) is 40.3 Å². The van der Waals surface area contributed by atoms with Crippen molar-refractivity contribution < 1.29 is 4.74 Å². The van der Waals surface area contributed by atoms with E-state index < -0.39 is 0 Å². The second-order valence-corrected chi connectivity index (χ2v) is 7.80. The molecule has 1 fully saturated rings. The first-order chi connectivity index (χ1) is 11.5. The molecule has 25 heavy (non-hydrogen) atoms. The quantitative estimate of drug-likeness (QED) is 0.371. The summed E-state index contributed by atoms with van der Waals surface area (Å²) in [6.07, 6.45) is 0. The highest BCUT2D eigenvalue weighted by atomic mass is 127. The highest BCUT2D eigenvalue weighted by Crippen LogP contribution is 2.16. The molecule has 0 radical (unpaired) electrons. The normalized spacial score (nSPS) is 17.3. The second kappa shape index (κ2) is 11.3. The molecule has 2 rings (SSSR count). The Hall–Kier alpha value is -0.450. The van der Waals surface area contributed by atoms with E-state index in [1.54, 1.807) is 11.3 Å². The Morgan fingerprint density at radius 2 is 1.96 bits per heavy atom. The molecule has 2 N–H and O–H groups in total. The summed E-state index contributed by atoms with van der Waals surface area (Å²) in [5.41, 5.74) is 1.11. The lowest BCUT2D eigenvalue weighted by Crippen LogP contribution is -2.52. The van der Waals surface area contributed by atoms with Gasteiger partial charge in [0, 0.05) is 37.6 Å². The standard InChI is InChI=1S/C17H31N5OS.HI/c1-12(2)15(22-6-8-23-9-7-22)10-19-17(18-5)20-11-16-13(3)21-14(4)24-16;/h12,15H,6-11H2,1-5H3,(H2,18,19,20);1H. The lowest BCUT2D eigenvalue weighted by Gasteiger charge is -2.37. The van der Waals surface area contributed by atoms with Crippen molar-refractivity contribution in [1.29, 1.82) is 0 Å². The number of hydrogen-bond acceptors (Lipinski definition) is 5. The van der Waals surface area contributed by atoms with Crippen molar-refractivity contribution in [3.8, 4) is 0 Å². The smallest absolute Gasteiger partial charge is 0.191 e. The van der Waals surface area contributed by atoms with Crippen LogP contribution in [0.5, 0.6) is 0 Å². The van der Waals surface area contributed by atoms with E-state index in [2.05, 4.69) is 46.3 Å². The molecule has 1 saturated heterocycles. The van der Waals surface area contributed by atoms with Crippen molar-refractivity contribution in [3.05, 3.63) is 15.6 Å². The van der Waals surface area contributed by atoms with Crippen LogP contribution in [0.3, 0.4) is 0 Å². The zero-order valence-corrected chi connectivity index (χ0v) is 19.1. The molecule has 0 aliphatic carbocycles. The molecule has 6 nitrogen and oxygen atoms in total. The zero-order chi connectivity index (χ0) is 17.5. The summed E-state index contributed by atoms with van der Waals surface area (Å²) in [5, 5.41) is 8.00. The number of aliphatic imine (C=N–C) groups is 1. The number of nitrogens with one attached hydrogen (secondary N) is 2. The van der Waals surface area contributed by atoms with Gasteiger partial charge in [-0.2, -0.15) is 0 Å². The van der Waals surface area contributed by atoms with Crippen LogP contribution in [0.15, 0.2) is 4.99 Å². The monoisotopic (exact) mass is 481 g/mol. The number of guanidine groups is 1. The first-order valence-corrected chi connectivity index (χ1v) is 9.52. The number of ether oxygens (including phenoxy) is 1. The Kier molecular flexibility index (Phi) is 10.2. The van der Waals surface area contributed by atoms with Gasteiger partial charge in [-0.25, -0.2) is 4.98 Å². The molecule has 1 aliphatic heterocycles. The summed E-state index contributed by atoms with van der Waals surface area (Å²) >= 11 is 1.74. The minimum atomic E-state index is 0.